The molecule has 100 valence electrons. The molecule has 6 heteroatoms. The minimum Gasteiger partial charge on any atom is -0.318 e. The third-order valence-corrected chi connectivity index (χ3v) is 3.16. The lowest BCUT2D eigenvalue weighted by Crippen LogP contribution is -2.37. The smallest absolute Gasteiger partial charge is 0.318 e. The number of nitrogens with one attached hydrogen (secondary N) is 1. The van der Waals surface area contributed by atoms with E-state index in [0.29, 0.717) is 12.2 Å². The SMILES string of the molecule is C=CC1CCCN1C(=O)Nc1ccc([N+](=O)[O-])cc1. The molecule has 1 aliphatic rings. The maximum absolute atomic E-state index is 12.0. The van der Waals surface area contributed by atoms with E-state index in [-0.39, 0.29) is 17.8 Å². The normalized spacial score (nSPS) is 18.1. The molecule has 1 aromatic rings. The van der Waals surface area contributed by atoms with Gasteiger partial charge < -0.3 is 10.2 Å². The second-order valence-corrected chi connectivity index (χ2v) is 4.37. The van der Waals surface area contributed by atoms with Crippen molar-refractivity contribution in [2.75, 3.05) is 11.9 Å². The lowest BCUT2D eigenvalue weighted by atomic mass is 10.2. The van der Waals surface area contributed by atoms with Crippen LogP contribution in [0.5, 0.6) is 0 Å². The largest absolute Gasteiger partial charge is 0.322 e. The topological polar surface area (TPSA) is 75.5 Å². The summed E-state index contributed by atoms with van der Waals surface area (Å²) in [5.41, 5.74) is 0.549. The molecule has 1 heterocycles. The van der Waals surface area contributed by atoms with Crippen LogP contribution in [0.15, 0.2) is 36.9 Å². The van der Waals surface area contributed by atoms with Gasteiger partial charge in [0.05, 0.1) is 11.0 Å². The fourth-order valence-electron chi connectivity index (χ4n) is 2.15. The summed E-state index contributed by atoms with van der Waals surface area (Å²) < 4.78 is 0. The first kappa shape index (κ1) is 13.1. The van der Waals surface area contributed by atoms with Gasteiger partial charge in [-0.25, -0.2) is 4.79 Å². The maximum Gasteiger partial charge on any atom is 0.322 e. The molecule has 1 aromatic carbocycles. The van der Waals surface area contributed by atoms with Crippen LogP contribution >= 0.6 is 0 Å². The van der Waals surface area contributed by atoms with Crippen molar-refractivity contribution >= 4 is 17.4 Å². The molecule has 2 amide bonds. The predicted octanol–water partition coefficient (Wildman–Crippen LogP) is 2.78. The first-order valence-electron chi connectivity index (χ1n) is 6.06. The Balaban J connectivity index is 2.02. The van der Waals surface area contributed by atoms with Gasteiger partial charge in [0.25, 0.3) is 5.69 Å². The van der Waals surface area contributed by atoms with E-state index in [1.54, 1.807) is 11.0 Å². The zero-order valence-corrected chi connectivity index (χ0v) is 10.4. The standard InChI is InChI=1S/C13H15N3O3/c1-2-11-4-3-9-15(11)13(17)14-10-5-7-12(8-6-10)16(18)19/h2,5-8,11H,1,3-4,9H2,(H,14,17). The molecule has 6 nitrogen and oxygen atoms in total. The first-order valence-corrected chi connectivity index (χ1v) is 6.06. The van der Waals surface area contributed by atoms with Crippen LogP contribution in [0.25, 0.3) is 0 Å². The molecular weight excluding hydrogens is 246 g/mol. The Hall–Kier alpha value is -2.37. The summed E-state index contributed by atoms with van der Waals surface area (Å²) in [5.74, 6) is 0. The third kappa shape index (κ3) is 2.90. The van der Waals surface area contributed by atoms with Crippen LogP contribution in [-0.2, 0) is 0 Å². The number of amides is 2. The monoisotopic (exact) mass is 261 g/mol. The molecule has 1 saturated heterocycles. The minimum absolute atomic E-state index is 0.00291. The summed E-state index contributed by atoms with van der Waals surface area (Å²) in [5, 5.41) is 13.3. The Labute approximate surface area is 110 Å². The molecule has 0 aromatic heterocycles. The summed E-state index contributed by atoms with van der Waals surface area (Å²) in [6.45, 7) is 4.42. The Morgan fingerprint density at radius 3 is 2.74 bits per heavy atom. The molecule has 1 unspecified atom stereocenters. The number of hydrogen-bond acceptors (Lipinski definition) is 3. The van der Waals surface area contributed by atoms with E-state index in [4.69, 9.17) is 0 Å². The van der Waals surface area contributed by atoms with Crippen molar-refractivity contribution in [2.45, 2.75) is 18.9 Å². The Kier molecular flexibility index (Phi) is 3.79. The van der Waals surface area contributed by atoms with Gasteiger partial charge >= 0.3 is 6.03 Å². The van der Waals surface area contributed by atoms with Crippen molar-refractivity contribution in [1.82, 2.24) is 4.90 Å². The maximum atomic E-state index is 12.0. The second-order valence-electron chi connectivity index (χ2n) is 4.37. The number of urea groups is 1. The van der Waals surface area contributed by atoms with Crippen LogP contribution in [0.4, 0.5) is 16.2 Å². The van der Waals surface area contributed by atoms with Crippen LogP contribution < -0.4 is 5.32 Å². The predicted molar refractivity (Wildman–Crippen MR) is 72.0 cm³/mol. The molecule has 0 saturated carbocycles. The highest BCUT2D eigenvalue weighted by molar-refractivity contribution is 5.90. The molecule has 0 radical (unpaired) electrons. The van der Waals surface area contributed by atoms with E-state index in [1.165, 1.54) is 24.3 Å². The van der Waals surface area contributed by atoms with E-state index in [1.807, 2.05) is 0 Å². The van der Waals surface area contributed by atoms with E-state index in [0.717, 1.165) is 12.8 Å². The molecule has 0 bridgehead atoms. The molecule has 2 rings (SSSR count). The fourth-order valence-corrected chi connectivity index (χ4v) is 2.15. The Morgan fingerprint density at radius 2 is 2.16 bits per heavy atom. The summed E-state index contributed by atoms with van der Waals surface area (Å²) in [7, 11) is 0. The van der Waals surface area contributed by atoms with Gasteiger partial charge in [-0.1, -0.05) is 6.08 Å². The number of anilines is 1. The van der Waals surface area contributed by atoms with Crippen LogP contribution in [0.1, 0.15) is 12.8 Å². The summed E-state index contributed by atoms with van der Waals surface area (Å²) >= 11 is 0. The highest BCUT2D eigenvalue weighted by Gasteiger charge is 2.26. The summed E-state index contributed by atoms with van der Waals surface area (Å²) in [4.78, 5) is 23.8. The molecule has 1 aliphatic heterocycles. The molecule has 1 fully saturated rings. The molecule has 1 atom stereocenters. The van der Waals surface area contributed by atoms with Gasteiger partial charge in [0, 0.05) is 24.4 Å². The Bertz CT molecular complexity index is 498. The molecule has 0 spiro atoms. The lowest BCUT2D eigenvalue weighted by Gasteiger charge is -2.22. The van der Waals surface area contributed by atoms with Crippen LogP contribution in [-0.4, -0.2) is 28.4 Å². The highest BCUT2D eigenvalue weighted by atomic mass is 16.6. The van der Waals surface area contributed by atoms with E-state index in [2.05, 4.69) is 11.9 Å². The first-order chi connectivity index (χ1) is 9.11. The van der Waals surface area contributed by atoms with Crippen molar-refractivity contribution in [3.05, 3.63) is 47.0 Å². The van der Waals surface area contributed by atoms with Gasteiger partial charge in [0.2, 0.25) is 0 Å². The number of carbonyl (C=O) groups is 1. The summed E-state index contributed by atoms with van der Waals surface area (Å²) in [6.07, 6.45) is 3.66. The minimum atomic E-state index is -0.472. The molecule has 19 heavy (non-hydrogen) atoms. The van der Waals surface area contributed by atoms with E-state index >= 15 is 0 Å². The fraction of sp³-hybridized carbons (Fsp3) is 0.308. The number of rotatable bonds is 3. The molecule has 1 N–H and O–H groups in total. The number of carbonyl (C=O) groups excluding carboxylic acids is 1. The zero-order chi connectivity index (χ0) is 13.8. The number of nitro groups is 1. The third-order valence-electron chi connectivity index (χ3n) is 3.16. The van der Waals surface area contributed by atoms with Crippen molar-refractivity contribution in [3.8, 4) is 0 Å². The van der Waals surface area contributed by atoms with Crippen molar-refractivity contribution in [2.24, 2.45) is 0 Å². The van der Waals surface area contributed by atoms with Gasteiger partial charge in [-0.15, -0.1) is 6.58 Å². The summed E-state index contributed by atoms with van der Waals surface area (Å²) in [6, 6.07) is 5.65. The van der Waals surface area contributed by atoms with Gasteiger partial charge in [-0.3, -0.25) is 10.1 Å². The van der Waals surface area contributed by atoms with E-state index in [9.17, 15) is 14.9 Å². The second kappa shape index (κ2) is 5.51. The number of likely N-dealkylation sites (tertiary alicyclic amines) is 1. The van der Waals surface area contributed by atoms with Crippen molar-refractivity contribution < 1.29 is 9.72 Å². The molecule has 0 aliphatic carbocycles. The van der Waals surface area contributed by atoms with Crippen molar-refractivity contribution in [3.63, 3.8) is 0 Å². The van der Waals surface area contributed by atoms with Crippen LogP contribution in [0.3, 0.4) is 0 Å². The van der Waals surface area contributed by atoms with Crippen LogP contribution in [0.2, 0.25) is 0 Å². The number of benzene rings is 1. The average Bonchev–Trinajstić information content (AvgIpc) is 2.87. The molecular formula is C13H15N3O3. The Morgan fingerprint density at radius 1 is 1.47 bits per heavy atom. The highest BCUT2D eigenvalue weighted by Crippen LogP contribution is 2.20. The van der Waals surface area contributed by atoms with E-state index < -0.39 is 4.92 Å². The average molecular weight is 261 g/mol. The number of nitro benzene ring substituents is 1. The number of hydrogen-bond donors (Lipinski definition) is 1. The zero-order valence-electron chi connectivity index (χ0n) is 10.4. The van der Waals surface area contributed by atoms with Crippen molar-refractivity contribution in [1.29, 1.82) is 0 Å². The number of nitrogens with zero attached hydrogens (tertiary/aromatic N) is 2. The van der Waals surface area contributed by atoms with Gasteiger partial charge in [-0.05, 0) is 25.0 Å². The number of non-ortho nitro benzene ring substituents is 1. The van der Waals surface area contributed by atoms with Gasteiger partial charge in [0.15, 0.2) is 0 Å². The van der Waals surface area contributed by atoms with Gasteiger partial charge in [0.1, 0.15) is 0 Å². The van der Waals surface area contributed by atoms with Gasteiger partial charge in [-0.2, -0.15) is 0 Å². The quantitative estimate of drug-likeness (QED) is 0.516. The van der Waals surface area contributed by atoms with Crippen LogP contribution in [0, 0.1) is 10.1 Å². The lowest BCUT2D eigenvalue weighted by molar-refractivity contribution is -0.384.